The molecule has 19 heavy (non-hydrogen) atoms. The summed E-state index contributed by atoms with van der Waals surface area (Å²) in [5, 5.41) is 0. The van der Waals surface area contributed by atoms with Gasteiger partial charge in [0, 0.05) is 31.4 Å². The maximum absolute atomic E-state index is 6.23. The first-order chi connectivity index (χ1) is 9.20. The number of likely N-dealkylation sites (N-methyl/N-ethyl adjacent to an activating group) is 1. The summed E-state index contributed by atoms with van der Waals surface area (Å²) in [6.07, 6.45) is 0. The Kier molecular flexibility index (Phi) is 4.42. The van der Waals surface area contributed by atoms with Crippen LogP contribution in [0.15, 0.2) is 54.6 Å². The van der Waals surface area contributed by atoms with Gasteiger partial charge < -0.3 is 15.4 Å². The molecule has 0 aliphatic rings. The summed E-state index contributed by atoms with van der Waals surface area (Å²) >= 11 is 0. The highest BCUT2D eigenvalue weighted by atomic mass is 16.5. The van der Waals surface area contributed by atoms with Gasteiger partial charge in [0.2, 0.25) is 0 Å². The van der Waals surface area contributed by atoms with Crippen LogP contribution in [0.1, 0.15) is 11.6 Å². The van der Waals surface area contributed by atoms with Crippen LogP contribution >= 0.6 is 0 Å². The van der Waals surface area contributed by atoms with Gasteiger partial charge in [0.1, 0.15) is 5.75 Å². The van der Waals surface area contributed by atoms with Crippen LogP contribution in [-0.4, -0.2) is 20.7 Å². The van der Waals surface area contributed by atoms with Crippen LogP contribution in [0.3, 0.4) is 0 Å². The first-order valence-electron chi connectivity index (χ1n) is 6.36. The summed E-state index contributed by atoms with van der Waals surface area (Å²) in [5.41, 5.74) is 8.48. The molecule has 0 fully saturated rings. The first-order valence-corrected chi connectivity index (χ1v) is 6.36. The molecule has 1 atom stereocenters. The lowest BCUT2D eigenvalue weighted by Crippen LogP contribution is -2.28. The van der Waals surface area contributed by atoms with Crippen LogP contribution in [0.2, 0.25) is 0 Å². The standard InChI is InChI=1S/C16H20N2O/c1-18(14-9-6-10-15(11-14)19-2)12-16(17)13-7-4-3-5-8-13/h3-11,16H,12,17H2,1-2H3. The lowest BCUT2D eigenvalue weighted by Gasteiger charge is -2.24. The molecule has 2 rings (SSSR count). The van der Waals surface area contributed by atoms with Crippen molar-refractivity contribution in [1.82, 2.24) is 0 Å². The van der Waals surface area contributed by atoms with Crippen molar-refractivity contribution in [2.45, 2.75) is 6.04 Å². The molecule has 0 aliphatic carbocycles. The third kappa shape index (κ3) is 3.48. The van der Waals surface area contributed by atoms with Gasteiger partial charge in [-0.1, -0.05) is 36.4 Å². The molecule has 0 spiro atoms. The molecule has 3 nitrogen and oxygen atoms in total. The molecule has 1 unspecified atom stereocenters. The molecule has 3 heteroatoms. The smallest absolute Gasteiger partial charge is 0.120 e. The third-order valence-corrected chi connectivity index (χ3v) is 3.19. The van der Waals surface area contributed by atoms with Crippen LogP contribution in [0, 0.1) is 0 Å². The van der Waals surface area contributed by atoms with E-state index in [1.165, 1.54) is 0 Å². The topological polar surface area (TPSA) is 38.5 Å². The highest BCUT2D eigenvalue weighted by molar-refractivity contribution is 5.50. The van der Waals surface area contributed by atoms with E-state index in [1.54, 1.807) is 7.11 Å². The second-order valence-corrected chi connectivity index (χ2v) is 4.60. The van der Waals surface area contributed by atoms with E-state index in [2.05, 4.69) is 23.1 Å². The van der Waals surface area contributed by atoms with Crippen LogP contribution in [0.5, 0.6) is 5.75 Å². The summed E-state index contributed by atoms with van der Waals surface area (Å²) < 4.78 is 5.24. The number of anilines is 1. The summed E-state index contributed by atoms with van der Waals surface area (Å²) in [6.45, 7) is 0.761. The number of benzene rings is 2. The molecule has 0 saturated heterocycles. The molecule has 0 radical (unpaired) electrons. The minimum atomic E-state index is -0.00241. The number of nitrogens with two attached hydrogens (primary N) is 1. The van der Waals surface area contributed by atoms with Crippen LogP contribution in [-0.2, 0) is 0 Å². The van der Waals surface area contributed by atoms with Gasteiger partial charge >= 0.3 is 0 Å². The quantitative estimate of drug-likeness (QED) is 0.894. The molecule has 2 aromatic carbocycles. The van der Waals surface area contributed by atoms with Crippen LogP contribution < -0.4 is 15.4 Å². The number of ether oxygens (including phenoxy) is 1. The van der Waals surface area contributed by atoms with E-state index in [0.717, 1.165) is 23.5 Å². The molecule has 2 aromatic rings. The van der Waals surface area contributed by atoms with Crippen molar-refractivity contribution in [1.29, 1.82) is 0 Å². The van der Waals surface area contributed by atoms with E-state index in [4.69, 9.17) is 10.5 Å². The number of nitrogens with zero attached hydrogens (tertiary/aromatic N) is 1. The highest BCUT2D eigenvalue weighted by Crippen LogP contribution is 2.21. The number of rotatable bonds is 5. The van der Waals surface area contributed by atoms with Gasteiger partial charge in [-0.05, 0) is 17.7 Å². The number of hydrogen-bond acceptors (Lipinski definition) is 3. The summed E-state index contributed by atoms with van der Waals surface area (Å²) in [7, 11) is 3.71. The van der Waals surface area contributed by atoms with Gasteiger partial charge in [-0.15, -0.1) is 0 Å². The SMILES string of the molecule is COc1cccc(N(C)CC(N)c2ccccc2)c1. The minimum Gasteiger partial charge on any atom is -0.497 e. The Labute approximate surface area is 114 Å². The average molecular weight is 256 g/mol. The van der Waals surface area contributed by atoms with Gasteiger partial charge in [0.15, 0.2) is 0 Å². The van der Waals surface area contributed by atoms with E-state index in [0.29, 0.717) is 0 Å². The van der Waals surface area contributed by atoms with Gasteiger partial charge in [0.25, 0.3) is 0 Å². The maximum atomic E-state index is 6.23. The summed E-state index contributed by atoms with van der Waals surface area (Å²) in [5.74, 6) is 0.859. The fourth-order valence-corrected chi connectivity index (χ4v) is 2.05. The lowest BCUT2D eigenvalue weighted by molar-refractivity contribution is 0.415. The summed E-state index contributed by atoms with van der Waals surface area (Å²) in [6, 6.07) is 18.1. The number of hydrogen-bond donors (Lipinski definition) is 1. The van der Waals surface area contributed by atoms with Crippen molar-refractivity contribution in [2.24, 2.45) is 5.73 Å². The van der Waals surface area contributed by atoms with Crippen molar-refractivity contribution in [2.75, 3.05) is 25.6 Å². The zero-order chi connectivity index (χ0) is 13.7. The fourth-order valence-electron chi connectivity index (χ4n) is 2.05. The zero-order valence-electron chi connectivity index (χ0n) is 11.4. The molecule has 0 heterocycles. The second kappa shape index (κ2) is 6.25. The Bertz CT molecular complexity index is 513. The Morgan fingerprint density at radius 1 is 1.11 bits per heavy atom. The molecular weight excluding hydrogens is 236 g/mol. The van der Waals surface area contributed by atoms with Crippen molar-refractivity contribution in [3.63, 3.8) is 0 Å². The van der Waals surface area contributed by atoms with Crippen molar-refractivity contribution >= 4 is 5.69 Å². The zero-order valence-corrected chi connectivity index (χ0v) is 11.4. The third-order valence-electron chi connectivity index (χ3n) is 3.19. The largest absolute Gasteiger partial charge is 0.497 e. The Morgan fingerprint density at radius 2 is 1.84 bits per heavy atom. The van der Waals surface area contributed by atoms with Crippen molar-refractivity contribution < 1.29 is 4.74 Å². The molecule has 0 aromatic heterocycles. The molecule has 0 saturated carbocycles. The van der Waals surface area contributed by atoms with Crippen LogP contribution in [0.25, 0.3) is 0 Å². The predicted molar refractivity (Wildman–Crippen MR) is 79.6 cm³/mol. The Balaban J connectivity index is 2.06. The van der Waals surface area contributed by atoms with Crippen molar-refractivity contribution in [3.8, 4) is 5.75 Å². The highest BCUT2D eigenvalue weighted by Gasteiger charge is 2.10. The van der Waals surface area contributed by atoms with E-state index in [9.17, 15) is 0 Å². The Morgan fingerprint density at radius 3 is 2.53 bits per heavy atom. The van der Waals surface area contributed by atoms with E-state index in [1.807, 2.05) is 43.4 Å². The van der Waals surface area contributed by atoms with Gasteiger partial charge in [-0.2, -0.15) is 0 Å². The van der Waals surface area contributed by atoms with E-state index in [-0.39, 0.29) is 6.04 Å². The molecule has 2 N–H and O–H groups in total. The van der Waals surface area contributed by atoms with E-state index >= 15 is 0 Å². The molecule has 0 aliphatic heterocycles. The fraction of sp³-hybridized carbons (Fsp3) is 0.250. The van der Waals surface area contributed by atoms with E-state index < -0.39 is 0 Å². The Hall–Kier alpha value is -2.00. The first kappa shape index (κ1) is 13.4. The molecule has 0 bridgehead atoms. The second-order valence-electron chi connectivity index (χ2n) is 4.60. The summed E-state index contributed by atoms with van der Waals surface area (Å²) in [4.78, 5) is 2.14. The number of methoxy groups -OCH3 is 1. The predicted octanol–water partition coefficient (Wildman–Crippen LogP) is 2.83. The maximum Gasteiger partial charge on any atom is 0.120 e. The average Bonchev–Trinajstić information content (AvgIpc) is 2.48. The van der Waals surface area contributed by atoms with Gasteiger partial charge in [0.05, 0.1) is 7.11 Å². The van der Waals surface area contributed by atoms with Crippen molar-refractivity contribution in [3.05, 3.63) is 60.2 Å². The lowest BCUT2D eigenvalue weighted by atomic mass is 10.1. The molecular formula is C16H20N2O. The minimum absolute atomic E-state index is 0.00241. The van der Waals surface area contributed by atoms with Gasteiger partial charge in [-0.3, -0.25) is 0 Å². The monoisotopic (exact) mass is 256 g/mol. The molecule has 0 amide bonds. The van der Waals surface area contributed by atoms with Crippen LogP contribution in [0.4, 0.5) is 5.69 Å². The van der Waals surface area contributed by atoms with Gasteiger partial charge in [-0.25, -0.2) is 0 Å². The molecule has 100 valence electrons. The normalized spacial score (nSPS) is 11.9.